The number of benzene rings is 3. The molecule has 5 rings (SSSR count). The van der Waals surface area contributed by atoms with Gasteiger partial charge in [-0.05, 0) is 53.8 Å². The van der Waals surface area contributed by atoms with Gasteiger partial charge in [0.1, 0.15) is 23.9 Å². The van der Waals surface area contributed by atoms with Gasteiger partial charge in [-0.3, -0.25) is 19.2 Å². The van der Waals surface area contributed by atoms with Crippen LogP contribution in [0.2, 0.25) is 0 Å². The number of aromatic amines is 2. The van der Waals surface area contributed by atoms with Gasteiger partial charge in [0.15, 0.2) is 0 Å². The van der Waals surface area contributed by atoms with Crippen LogP contribution in [0.3, 0.4) is 0 Å². The van der Waals surface area contributed by atoms with E-state index in [1.54, 1.807) is 30.6 Å². The first-order valence-corrected chi connectivity index (χ1v) is 16.0. The Morgan fingerprint density at radius 3 is 1.74 bits per heavy atom. The van der Waals surface area contributed by atoms with Crippen molar-refractivity contribution in [2.24, 2.45) is 5.73 Å². The standard InChI is InChI=1S/C36H38N6O8/c37-26(16-21-18-38-27-7-3-1-5-24(21)27)33(46)41-30(15-20-9-11-23(43)12-10-20)35(48)40-29(13-14-32(44)45)34(47)42-31(36(49)50)17-22-19-39-28-8-4-2-6-25(22)28/h1-12,18-19,26,29-31,38-39,43H,13-17,37H2,(H,40,48)(H,41,46)(H,42,47)(H,44,45)(H,49,50). The number of carbonyl (C=O) groups excluding carboxylic acids is 3. The van der Waals surface area contributed by atoms with Gasteiger partial charge >= 0.3 is 11.9 Å². The molecular weight excluding hydrogens is 644 g/mol. The third-order valence-electron chi connectivity index (χ3n) is 8.45. The van der Waals surface area contributed by atoms with Crippen molar-refractivity contribution < 1.29 is 39.3 Å². The van der Waals surface area contributed by atoms with Crippen molar-refractivity contribution in [3.8, 4) is 5.75 Å². The Bertz CT molecular complexity index is 2000. The molecule has 4 unspecified atom stereocenters. The van der Waals surface area contributed by atoms with Crippen molar-refractivity contribution in [1.82, 2.24) is 25.9 Å². The number of phenols is 1. The smallest absolute Gasteiger partial charge is 0.326 e. The molecule has 0 saturated heterocycles. The minimum atomic E-state index is -1.46. The number of carboxylic acids is 2. The molecule has 0 aliphatic rings. The van der Waals surface area contributed by atoms with E-state index in [1.165, 1.54) is 12.1 Å². The summed E-state index contributed by atoms with van der Waals surface area (Å²) in [5.74, 6) is -4.94. The number of aromatic nitrogens is 2. The SMILES string of the molecule is NC(Cc1c[nH]c2ccccc12)C(=O)NC(Cc1ccc(O)cc1)C(=O)NC(CCC(=O)O)C(=O)NC(Cc1c[nH]c2ccccc12)C(=O)O. The zero-order valence-electron chi connectivity index (χ0n) is 26.9. The summed E-state index contributed by atoms with van der Waals surface area (Å²) < 4.78 is 0. The van der Waals surface area contributed by atoms with Gasteiger partial charge in [-0.2, -0.15) is 0 Å². The lowest BCUT2D eigenvalue weighted by atomic mass is 10.0. The lowest BCUT2D eigenvalue weighted by Crippen LogP contribution is -2.58. The summed E-state index contributed by atoms with van der Waals surface area (Å²) in [6, 6.07) is 15.5. The molecular formula is C36H38N6O8. The molecule has 50 heavy (non-hydrogen) atoms. The minimum Gasteiger partial charge on any atom is -0.508 e. The molecule has 0 fully saturated rings. The van der Waals surface area contributed by atoms with Crippen LogP contribution in [0.15, 0.2) is 85.2 Å². The first-order chi connectivity index (χ1) is 24.0. The molecule has 10 N–H and O–H groups in total. The van der Waals surface area contributed by atoms with Crippen molar-refractivity contribution in [2.45, 2.75) is 56.3 Å². The van der Waals surface area contributed by atoms with Gasteiger partial charge in [-0.15, -0.1) is 0 Å². The number of para-hydroxylation sites is 2. The molecule has 2 aromatic heterocycles. The number of amides is 3. The Balaban J connectivity index is 1.33. The summed E-state index contributed by atoms with van der Waals surface area (Å²) >= 11 is 0. The average Bonchev–Trinajstić information content (AvgIpc) is 3.70. The van der Waals surface area contributed by atoms with Crippen molar-refractivity contribution >= 4 is 51.5 Å². The van der Waals surface area contributed by atoms with Crippen LogP contribution in [-0.4, -0.2) is 79.1 Å². The van der Waals surface area contributed by atoms with Crippen LogP contribution in [-0.2, 0) is 43.2 Å². The third kappa shape index (κ3) is 8.85. The predicted molar refractivity (Wildman–Crippen MR) is 184 cm³/mol. The number of aromatic hydroxyl groups is 1. The fourth-order valence-corrected chi connectivity index (χ4v) is 5.79. The molecule has 2 heterocycles. The average molecular weight is 683 g/mol. The number of nitrogens with two attached hydrogens (primary N) is 1. The Labute approximate surface area is 286 Å². The molecule has 14 heteroatoms. The van der Waals surface area contributed by atoms with Crippen molar-refractivity contribution in [3.05, 3.63) is 102 Å². The molecule has 260 valence electrons. The molecule has 5 aromatic rings. The van der Waals surface area contributed by atoms with Crippen molar-refractivity contribution in [2.75, 3.05) is 0 Å². The largest absolute Gasteiger partial charge is 0.508 e. The van der Waals surface area contributed by atoms with Gasteiger partial charge in [-0.25, -0.2) is 4.79 Å². The highest BCUT2D eigenvalue weighted by atomic mass is 16.4. The number of phenolic OH excluding ortho intramolecular Hbond substituents is 1. The van der Waals surface area contributed by atoms with E-state index < -0.39 is 60.2 Å². The second kappa shape index (κ2) is 15.8. The first kappa shape index (κ1) is 35.2. The van der Waals surface area contributed by atoms with Gasteiger partial charge in [0, 0.05) is 53.5 Å². The highest BCUT2D eigenvalue weighted by molar-refractivity contribution is 5.95. The normalized spacial score (nSPS) is 13.6. The van der Waals surface area contributed by atoms with Gasteiger partial charge in [-0.1, -0.05) is 48.5 Å². The van der Waals surface area contributed by atoms with Gasteiger partial charge in [0.2, 0.25) is 17.7 Å². The Kier molecular flexibility index (Phi) is 11.1. The molecule has 3 aromatic carbocycles. The molecule has 0 bridgehead atoms. The van der Waals surface area contributed by atoms with Crippen molar-refractivity contribution in [1.29, 1.82) is 0 Å². The summed E-state index contributed by atoms with van der Waals surface area (Å²) in [6.07, 6.45) is 2.54. The van der Waals surface area contributed by atoms with E-state index in [4.69, 9.17) is 5.73 Å². The second-order valence-electron chi connectivity index (χ2n) is 12.1. The zero-order valence-corrected chi connectivity index (χ0v) is 26.9. The maximum Gasteiger partial charge on any atom is 0.326 e. The number of fused-ring (bicyclic) bond motifs is 2. The van der Waals surface area contributed by atoms with E-state index in [0.717, 1.165) is 27.4 Å². The Morgan fingerprint density at radius 2 is 1.16 bits per heavy atom. The predicted octanol–water partition coefficient (Wildman–Crippen LogP) is 2.11. The van der Waals surface area contributed by atoms with E-state index in [2.05, 4.69) is 25.9 Å². The molecule has 0 spiro atoms. The monoisotopic (exact) mass is 682 g/mol. The number of hydrogen-bond donors (Lipinski definition) is 9. The molecule has 0 aliphatic carbocycles. The van der Waals surface area contributed by atoms with E-state index in [0.29, 0.717) is 11.1 Å². The van der Waals surface area contributed by atoms with E-state index in [9.17, 15) is 39.3 Å². The quantitative estimate of drug-likeness (QED) is 0.0739. The van der Waals surface area contributed by atoms with Crippen LogP contribution in [0.4, 0.5) is 0 Å². The Morgan fingerprint density at radius 1 is 0.640 bits per heavy atom. The molecule has 4 atom stereocenters. The minimum absolute atomic E-state index is 0.00874. The van der Waals surface area contributed by atoms with Crippen LogP contribution in [0.5, 0.6) is 5.75 Å². The number of carboxylic acid groups (broad SMARTS) is 2. The zero-order chi connectivity index (χ0) is 35.8. The topological polar surface area (TPSA) is 240 Å². The lowest BCUT2D eigenvalue weighted by molar-refractivity contribution is -0.143. The van der Waals surface area contributed by atoms with Gasteiger partial charge in [0.25, 0.3) is 0 Å². The second-order valence-corrected chi connectivity index (χ2v) is 12.1. The van der Waals surface area contributed by atoms with Crippen LogP contribution >= 0.6 is 0 Å². The fourth-order valence-electron chi connectivity index (χ4n) is 5.79. The summed E-state index contributed by atoms with van der Waals surface area (Å²) in [5.41, 5.74) is 9.94. The Hall–Kier alpha value is -6.15. The number of hydrogen-bond acceptors (Lipinski definition) is 7. The summed E-state index contributed by atoms with van der Waals surface area (Å²) in [4.78, 5) is 70.6. The lowest BCUT2D eigenvalue weighted by Gasteiger charge is -2.25. The molecule has 0 radical (unpaired) electrons. The van der Waals surface area contributed by atoms with Gasteiger partial charge < -0.3 is 47.0 Å². The number of carbonyl (C=O) groups is 5. The summed E-state index contributed by atoms with van der Waals surface area (Å²) in [5, 5.41) is 38.4. The van der Waals surface area contributed by atoms with Crippen LogP contribution in [0.1, 0.15) is 29.5 Å². The molecule has 0 saturated carbocycles. The van der Waals surface area contributed by atoms with E-state index >= 15 is 0 Å². The van der Waals surface area contributed by atoms with E-state index in [1.807, 2.05) is 42.5 Å². The van der Waals surface area contributed by atoms with E-state index in [-0.39, 0.29) is 31.4 Å². The number of H-pyrrole nitrogens is 2. The maximum atomic E-state index is 13.8. The van der Waals surface area contributed by atoms with Gasteiger partial charge in [0.05, 0.1) is 6.04 Å². The van der Waals surface area contributed by atoms with Crippen LogP contribution in [0, 0.1) is 0 Å². The number of aliphatic carboxylic acids is 2. The maximum absolute atomic E-state index is 13.8. The highest BCUT2D eigenvalue weighted by Gasteiger charge is 2.31. The first-order valence-electron chi connectivity index (χ1n) is 16.0. The van der Waals surface area contributed by atoms with Crippen LogP contribution < -0.4 is 21.7 Å². The third-order valence-corrected chi connectivity index (χ3v) is 8.45. The summed E-state index contributed by atoms with van der Waals surface area (Å²) in [7, 11) is 0. The molecule has 14 nitrogen and oxygen atoms in total. The van der Waals surface area contributed by atoms with Crippen molar-refractivity contribution in [3.63, 3.8) is 0 Å². The number of nitrogens with one attached hydrogen (secondary N) is 5. The molecule has 3 amide bonds. The summed E-state index contributed by atoms with van der Waals surface area (Å²) in [6.45, 7) is 0. The highest BCUT2D eigenvalue weighted by Crippen LogP contribution is 2.21. The number of rotatable bonds is 16. The molecule has 0 aliphatic heterocycles. The van der Waals surface area contributed by atoms with Crippen LogP contribution in [0.25, 0.3) is 21.8 Å². The fraction of sp³-hybridized carbons (Fsp3) is 0.250.